The first-order valence-corrected chi connectivity index (χ1v) is 3.34. The molecule has 50 valence electrons. The van der Waals surface area contributed by atoms with Crippen LogP contribution in [0, 0.1) is 0 Å². The van der Waals surface area contributed by atoms with E-state index in [-0.39, 0.29) is 0 Å². The molecule has 0 saturated carbocycles. The lowest BCUT2D eigenvalue weighted by molar-refractivity contribution is 0.279. The van der Waals surface area contributed by atoms with Crippen LogP contribution in [0.2, 0.25) is 0 Å². The van der Waals surface area contributed by atoms with Gasteiger partial charge in [-0.1, -0.05) is 12.7 Å². The average molecular weight is 124 g/mol. The van der Waals surface area contributed by atoms with Crippen molar-refractivity contribution in [3.63, 3.8) is 0 Å². The molecule has 0 aromatic carbocycles. The molecular formula is C8H12O. The molecule has 0 heterocycles. The second-order valence-corrected chi connectivity index (χ2v) is 2.23. The minimum absolute atomic E-state index is 0.753. The zero-order valence-corrected chi connectivity index (χ0v) is 5.60. The van der Waals surface area contributed by atoms with E-state index in [4.69, 9.17) is 4.74 Å². The Hall–Kier alpha value is -0.720. The van der Waals surface area contributed by atoms with E-state index in [1.54, 1.807) is 0 Å². The second-order valence-electron chi connectivity index (χ2n) is 2.23. The van der Waals surface area contributed by atoms with Crippen LogP contribution < -0.4 is 0 Å². The third-order valence-electron chi connectivity index (χ3n) is 1.52. The summed E-state index contributed by atoms with van der Waals surface area (Å²) in [6.45, 7) is 4.23. The highest BCUT2D eigenvalue weighted by Gasteiger charge is 2.02. The van der Waals surface area contributed by atoms with Crippen LogP contribution >= 0.6 is 0 Å². The topological polar surface area (TPSA) is 9.23 Å². The highest BCUT2D eigenvalue weighted by atomic mass is 16.5. The van der Waals surface area contributed by atoms with Crippen LogP contribution in [0.1, 0.15) is 19.3 Å². The predicted molar refractivity (Wildman–Crippen MR) is 38.1 cm³/mol. The molecule has 1 aliphatic rings. The Bertz CT molecular complexity index is 125. The molecule has 0 N–H and O–H groups in total. The number of ether oxygens (including phenoxy) is 1. The zero-order valence-electron chi connectivity index (χ0n) is 5.60. The summed E-state index contributed by atoms with van der Waals surface area (Å²) in [5, 5.41) is 0. The summed E-state index contributed by atoms with van der Waals surface area (Å²) >= 11 is 0. The van der Waals surface area contributed by atoms with E-state index in [0.717, 1.165) is 6.61 Å². The van der Waals surface area contributed by atoms with Crippen molar-refractivity contribution in [3.05, 3.63) is 24.5 Å². The third-order valence-corrected chi connectivity index (χ3v) is 1.52. The largest absolute Gasteiger partial charge is 0.497 e. The maximum Gasteiger partial charge on any atom is 0.108 e. The SMILES string of the molecule is C=COCC1=CCCC1. The van der Waals surface area contributed by atoms with Crippen molar-refractivity contribution in [1.82, 2.24) is 0 Å². The summed E-state index contributed by atoms with van der Waals surface area (Å²) in [4.78, 5) is 0. The van der Waals surface area contributed by atoms with Gasteiger partial charge in [0.25, 0.3) is 0 Å². The molecule has 0 amide bonds. The summed E-state index contributed by atoms with van der Waals surface area (Å²) < 4.78 is 5.01. The van der Waals surface area contributed by atoms with Crippen molar-refractivity contribution in [2.24, 2.45) is 0 Å². The highest BCUT2D eigenvalue weighted by Crippen LogP contribution is 2.17. The van der Waals surface area contributed by atoms with Crippen LogP contribution in [0.3, 0.4) is 0 Å². The van der Waals surface area contributed by atoms with Crippen molar-refractivity contribution in [1.29, 1.82) is 0 Å². The normalized spacial score (nSPS) is 17.1. The fraction of sp³-hybridized carbons (Fsp3) is 0.500. The molecule has 0 aromatic rings. The van der Waals surface area contributed by atoms with Crippen LogP contribution in [-0.4, -0.2) is 6.61 Å². The summed E-state index contributed by atoms with van der Waals surface area (Å²) in [6.07, 6.45) is 7.50. The van der Waals surface area contributed by atoms with Crippen LogP contribution in [0.15, 0.2) is 24.5 Å². The minimum atomic E-state index is 0.753. The molecule has 0 unspecified atom stereocenters. The molecule has 1 heteroatoms. The van der Waals surface area contributed by atoms with Crippen molar-refractivity contribution < 1.29 is 4.74 Å². The molecular weight excluding hydrogens is 112 g/mol. The van der Waals surface area contributed by atoms with Crippen molar-refractivity contribution in [2.75, 3.05) is 6.61 Å². The van der Waals surface area contributed by atoms with E-state index in [0.29, 0.717) is 0 Å². The summed E-state index contributed by atoms with van der Waals surface area (Å²) in [5.74, 6) is 0. The molecule has 0 aromatic heterocycles. The molecule has 9 heavy (non-hydrogen) atoms. The fourth-order valence-corrected chi connectivity index (χ4v) is 1.03. The first-order chi connectivity index (χ1) is 4.43. The number of hydrogen-bond acceptors (Lipinski definition) is 1. The maximum absolute atomic E-state index is 5.01. The third kappa shape index (κ3) is 1.92. The monoisotopic (exact) mass is 124 g/mol. The maximum atomic E-state index is 5.01. The highest BCUT2D eigenvalue weighted by molar-refractivity contribution is 5.07. The van der Waals surface area contributed by atoms with Gasteiger partial charge in [-0.05, 0) is 24.8 Å². The van der Waals surface area contributed by atoms with Crippen LogP contribution in [-0.2, 0) is 4.74 Å². The summed E-state index contributed by atoms with van der Waals surface area (Å²) in [6, 6.07) is 0. The van der Waals surface area contributed by atoms with E-state index >= 15 is 0 Å². The van der Waals surface area contributed by atoms with Crippen molar-refractivity contribution in [3.8, 4) is 0 Å². The molecule has 1 rings (SSSR count). The lowest BCUT2D eigenvalue weighted by atomic mass is 10.2. The smallest absolute Gasteiger partial charge is 0.108 e. The average Bonchev–Trinajstić information content (AvgIpc) is 2.34. The zero-order chi connectivity index (χ0) is 6.53. The molecule has 1 nitrogen and oxygen atoms in total. The fourth-order valence-electron chi connectivity index (χ4n) is 1.03. The van der Waals surface area contributed by atoms with Gasteiger partial charge in [-0.2, -0.15) is 0 Å². The number of rotatable bonds is 3. The minimum Gasteiger partial charge on any atom is -0.497 e. The van der Waals surface area contributed by atoms with E-state index < -0.39 is 0 Å². The van der Waals surface area contributed by atoms with Gasteiger partial charge in [-0.25, -0.2) is 0 Å². The van der Waals surface area contributed by atoms with Gasteiger partial charge in [-0.15, -0.1) is 0 Å². The Morgan fingerprint density at radius 2 is 2.67 bits per heavy atom. The van der Waals surface area contributed by atoms with E-state index in [1.165, 1.54) is 31.1 Å². The first-order valence-electron chi connectivity index (χ1n) is 3.34. The van der Waals surface area contributed by atoms with E-state index in [1.807, 2.05) is 0 Å². The molecule has 0 saturated heterocycles. The van der Waals surface area contributed by atoms with Gasteiger partial charge in [0.2, 0.25) is 0 Å². The summed E-state index contributed by atoms with van der Waals surface area (Å²) in [5.41, 5.74) is 1.43. The Morgan fingerprint density at radius 3 is 3.22 bits per heavy atom. The Morgan fingerprint density at radius 1 is 1.78 bits per heavy atom. The van der Waals surface area contributed by atoms with Gasteiger partial charge in [0, 0.05) is 0 Å². The molecule has 0 radical (unpaired) electrons. The van der Waals surface area contributed by atoms with Gasteiger partial charge in [-0.3, -0.25) is 0 Å². The van der Waals surface area contributed by atoms with Gasteiger partial charge in [0.05, 0.1) is 6.26 Å². The molecule has 0 atom stereocenters. The molecule has 0 bridgehead atoms. The second kappa shape index (κ2) is 3.33. The predicted octanol–water partition coefficient (Wildman–Crippen LogP) is 2.26. The van der Waals surface area contributed by atoms with Gasteiger partial charge >= 0.3 is 0 Å². The van der Waals surface area contributed by atoms with Crippen molar-refractivity contribution in [2.45, 2.75) is 19.3 Å². The number of hydrogen-bond donors (Lipinski definition) is 0. The van der Waals surface area contributed by atoms with Gasteiger partial charge in [0.1, 0.15) is 6.61 Å². The Balaban J connectivity index is 2.18. The first kappa shape index (κ1) is 6.40. The lowest BCUT2D eigenvalue weighted by Gasteiger charge is -1.98. The van der Waals surface area contributed by atoms with Crippen LogP contribution in [0.5, 0.6) is 0 Å². The van der Waals surface area contributed by atoms with Crippen LogP contribution in [0.4, 0.5) is 0 Å². The van der Waals surface area contributed by atoms with Crippen LogP contribution in [0.25, 0.3) is 0 Å². The standard InChI is InChI=1S/C8H12O/c1-2-9-7-8-5-3-4-6-8/h2,5H,1,3-4,6-7H2. The number of allylic oxidation sites excluding steroid dienone is 1. The molecule has 0 fully saturated rings. The van der Waals surface area contributed by atoms with Gasteiger partial charge < -0.3 is 4.74 Å². The molecule has 0 aliphatic heterocycles. The summed E-state index contributed by atoms with van der Waals surface area (Å²) in [7, 11) is 0. The van der Waals surface area contributed by atoms with Crippen molar-refractivity contribution >= 4 is 0 Å². The van der Waals surface area contributed by atoms with E-state index in [9.17, 15) is 0 Å². The lowest BCUT2D eigenvalue weighted by Crippen LogP contribution is -1.88. The van der Waals surface area contributed by atoms with Gasteiger partial charge in [0.15, 0.2) is 0 Å². The molecule has 0 spiro atoms. The Labute approximate surface area is 56.0 Å². The Kier molecular flexibility index (Phi) is 2.37. The molecule has 1 aliphatic carbocycles. The van der Waals surface area contributed by atoms with E-state index in [2.05, 4.69) is 12.7 Å². The quantitative estimate of drug-likeness (QED) is 0.414.